The Morgan fingerprint density at radius 3 is 2.56 bits per heavy atom. The maximum atomic E-state index is 12.7. The molecule has 0 aliphatic heterocycles. The highest BCUT2D eigenvalue weighted by atomic mass is 19.1. The van der Waals surface area contributed by atoms with Gasteiger partial charge in [-0.05, 0) is 38.1 Å². The van der Waals surface area contributed by atoms with Crippen LogP contribution < -0.4 is 5.32 Å². The zero-order chi connectivity index (χ0) is 11.5. The van der Waals surface area contributed by atoms with Crippen molar-refractivity contribution in [1.29, 1.82) is 0 Å². The Labute approximate surface area is 93.9 Å². The first-order valence-electron chi connectivity index (χ1n) is 5.22. The van der Waals surface area contributed by atoms with Gasteiger partial charge < -0.3 is 5.32 Å². The van der Waals surface area contributed by atoms with Crippen LogP contribution in [0.15, 0.2) is 36.7 Å². The van der Waals surface area contributed by atoms with Crippen molar-refractivity contribution in [3.05, 3.63) is 42.5 Å². The molecular formula is C12H14FN3. The van der Waals surface area contributed by atoms with Crippen molar-refractivity contribution in [3.63, 3.8) is 0 Å². The van der Waals surface area contributed by atoms with Crippen LogP contribution in [0.25, 0.3) is 5.69 Å². The van der Waals surface area contributed by atoms with Gasteiger partial charge in [-0.15, -0.1) is 0 Å². The molecule has 1 heterocycles. The number of hydrogen-bond acceptors (Lipinski definition) is 2. The average Bonchev–Trinajstić information content (AvgIpc) is 2.66. The van der Waals surface area contributed by atoms with E-state index in [0.717, 1.165) is 11.4 Å². The highest BCUT2D eigenvalue weighted by Gasteiger charge is 2.01. The molecule has 0 saturated carbocycles. The fourth-order valence-corrected chi connectivity index (χ4v) is 1.47. The number of halogens is 1. The molecule has 0 unspecified atom stereocenters. The minimum atomic E-state index is -0.239. The van der Waals surface area contributed by atoms with E-state index in [0.29, 0.717) is 6.04 Å². The first-order chi connectivity index (χ1) is 7.65. The molecule has 84 valence electrons. The van der Waals surface area contributed by atoms with Crippen molar-refractivity contribution < 1.29 is 4.39 Å². The number of aromatic nitrogens is 2. The molecule has 0 saturated heterocycles. The number of anilines is 1. The van der Waals surface area contributed by atoms with Crippen LogP contribution in [0.3, 0.4) is 0 Å². The van der Waals surface area contributed by atoms with Gasteiger partial charge in [0, 0.05) is 6.04 Å². The predicted molar refractivity (Wildman–Crippen MR) is 62.3 cm³/mol. The number of rotatable bonds is 3. The number of nitrogens with one attached hydrogen (secondary N) is 1. The van der Waals surface area contributed by atoms with Crippen LogP contribution in [-0.4, -0.2) is 15.8 Å². The topological polar surface area (TPSA) is 29.9 Å². The van der Waals surface area contributed by atoms with E-state index in [1.807, 2.05) is 6.20 Å². The molecule has 0 atom stereocenters. The van der Waals surface area contributed by atoms with Gasteiger partial charge in [-0.2, -0.15) is 5.10 Å². The first-order valence-corrected chi connectivity index (χ1v) is 5.22. The fourth-order valence-electron chi connectivity index (χ4n) is 1.47. The van der Waals surface area contributed by atoms with E-state index in [1.54, 1.807) is 23.0 Å². The van der Waals surface area contributed by atoms with Crippen LogP contribution in [0.1, 0.15) is 13.8 Å². The molecule has 0 aliphatic carbocycles. The van der Waals surface area contributed by atoms with Gasteiger partial charge in [0.05, 0.1) is 23.8 Å². The molecule has 1 aromatic carbocycles. The Bertz CT molecular complexity index is 459. The zero-order valence-corrected chi connectivity index (χ0v) is 9.31. The molecule has 0 bridgehead atoms. The van der Waals surface area contributed by atoms with Crippen molar-refractivity contribution in [3.8, 4) is 5.69 Å². The summed E-state index contributed by atoms with van der Waals surface area (Å²) >= 11 is 0. The van der Waals surface area contributed by atoms with E-state index < -0.39 is 0 Å². The highest BCUT2D eigenvalue weighted by Crippen LogP contribution is 2.12. The van der Waals surface area contributed by atoms with E-state index in [9.17, 15) is 4.39 Å². The van der Waals surface area contributed by atoms with Gasteiger partial charge in [-0.1, -0.05) is 0 Å². The highest BCUT2D eigenvalue weighted by molar-refractivity contribution is 5.42. The minimum Gasteiger partial charge on any atom is -0.380 e. The minimum absolute atomic E-state index is 0.239. The van der Waals surface area contributed by atoms with Crippen LogP contribution in [0.5, 0.6) is 0 Å². The number of benzene rings is 1. The van der Waals surface area contributed by atoms with Crippen LogP contribution in [-0.2, 0) is 0 Å². The van der Waals surface area contributed by atoms with Gasteiger partial charge in [-0.25, -0.2) is 9.07 Å². The van der Waals surface area contributed by atoms with E-state index in [-0.39, 0.29) is 5.82 Å². The van der Waals surface area contributed by atoms with Crippen LogP contribution in [0.4, 0.5) is 10.1 Å². The smallest absolute Gasteiger partial charge is 0.123 e. The molecule has 0 aliphatic rings. The van der Waals surface area contributed by atoms with Crippen LogP contribution >= 0.6 is 0 Å². The van der Waals surface area contributed by atoms with Crippen molar-refractivity contribution in [2.45, 2.75) is 19.9 Å². The normalized spacial score (nSPS) is 10.8. The molecule has 0 fully saturated rings. The van der Waals surface area contributed by atoms with Gasteiger partial charge in [0.2, 0.25) is 0 Å². The summed E-state index contributed by atoms with van der Waals surface area (Å²) in [5, 5.41) is 7.45. The number of hydrogen-bond donors (Lipinski definition) is 1. The summed E-state index contributed by atoms with van der Waals surface area (Å²) in [5.74, 6) is -0.239. The lowest BCUT2D eigenvalue weighted by Gasteiger charge is -2.05. The average molecular weight is 219 g/mol. The van der Waals surface area contributed by atoms with Crippen molar-refractivity contribution >= 4 is 5.69 Å². The Hall–Kier alpha value is -1.84. The standard InChI is InChI=1S/C12H14FN3/c1-9(2)15-11-7-14-16(8-11)12-5-3-10(13)4-6-12/h3-9,15H,1-2H3. The first kappa shape index (κ1) is 10.7. The van der Waals surface area contributed by atoms with E-state index >= 15 is 0 Å². The third kappa shape index (κ3) is 2.39. The fraction of sp³-hybridized carbons (Fsp3) is 0.250. The molecule has 0 radical (unpaired) electrons. The molecule has 2 rings (SSSR count). The lowest BCUT2D eigenvalue weighted by molar-refractivity contribution is 0.627. The second-order valence-electron chi connectivity index (χ2n) is 3.95. The summed E-state index contributed by atoms with van der Waals surface area (Å²) < 4.78 is 14.5. The maximum Gasteiger partial charge on any atom is 0.123 e. The number of nitrogens with zero attached hydrogens (tertiary/aromatic N) is 2. The molecule has 1 N–H and O–H groups in total. The molecule has 4 heteroatoms. The van der Waals surface area contributed by atoms with E-state index in [4.69, 9.17) is 0 Å². The third-order valence-electron chi connectivity index (χ3n) is 2.13. The van der Waals surface area contributed by atoms with Crippen molar-refractivity contribution in [1.82, 2.24) is 9.78 Å². The largest absolute Gasteiger partial charge is 0.380 e. The SMILES string of the molecule is CC(C)Nc1cnn(-c2ccc(F)cc2)c1. The molecule has 0 amide bonds. The van der Waals surface area contributed by atoms with Gasteiger partial charge in [0.15, 0.2) is 0 Å². The van der Waals surface area contributed by atoms with Crippen molar-refractivity contribution in [2.75, 3.05) is 5.32 Å². The third-order valence-corrected chi connectivity index (χ3v) is 2.13. The monoisotopic (exact) mass is 219 g/mol. The van der Waals surface area contributed by atoms with Gasteiger partial charge in [-0.3, -0.25) is 0 Å². The zero-order valence-electron chi connectivity index (χ0n) is 9.31. The summed E-state index contributed by atoms with van der Waals surface area (Å²) in [4.78, 5) is 0. The molecule has 2 aromatic rings. The molecule has 0 spiro atoms. The Balaban J connectivity index is 2.21. The van der Waals surface area contributed by atoms with Gasteiger partial charge >= 0.3 is 0 Å². The predicted octanol–water partition coefficient (Wildman–Crippen LogP) is 2.83. The molecule has 16 heavy (non-hydrogen) atoms. The Morgan fingerprint density at radius 1 is 1.25 bits per heavy atom. The Kier molecular flexibility index (Phi) is 2.90. The van der Waals surface area contributed by atoms with Gasteiger partial charge in [0.1, 0.15) is 5.82 Å². The lowest BCUT2D eigenvalue weighted by atomic mass is 10.3. The summed E-state index contributed by atoms with van der Waals surface area (Å²) in [7, 11) is 0. The molecule has 3 nitrogen and oxygen atoms in total. The van der Waals surface area contributed by atoms with Crippen molar-refractivity contribution in [2.24, 2.45) is 0 Å². The second kappa shape index (κ2) is 4.35. The summed E-state index contributed by atoms with van der Waals surface area (Å²) in [6, 6.07) is 6.60. The molecule has 1 aromatic heterocycles. The summed E-state index contributed by atoms with van der Waals surface area (Å²) in [6.07, 6.45) is 3.64. The van der Waals surface area contributed by atoms with Gasteiger partial charge in [0.25, 0.3) is 0 Å². The van der Waals surface area contributed by atoms with E-state index in [2.05, 4.69) is 24.3 Å². The van der Waals surface area contributed by atoms with E-state index in [1.165, 1.54) is 12.1 Å². The maximum absolute atomic E-state index is 12.7. The Morgan fingerprint density at radius 2 is 1.94 bits per heavy atom. The lowest BCUT2D eigenvalue weighted by Crippen LogP contribution is -2.08. The quantitative estimate of drug-likeness (QED) is 0.860. The molecular weight excluding hydrogens is 205 g/mol. The second-order valence-corrected chi connectivity index (χ2v) is 3.95. The van der Waals surface area contributed by atoms with Crippen LogP contribution in [0.2, 0.25) is 0 Å². The van der Waals surface area contributed by atoms with Crippen LogP contribution in [0, 0.1) is 5.82 Å². The summed E-state index contributed by atoms with van der Waals surface area (Å²) in [5.41, 5.74) is 1.80. The summed E-state index contributed by atoms with van der Waals surface area (Å²) in [6.45, 7) is 4.13.